The third-order valence-corrected chi connectivity index (χ3v) is 5.48. The molecule has 5 nitrogen and oxygen atoms in total. The highest BCUT2D eigenvalue weighted by atomic mass is 16.1. The molecule has 1 aromatic heterocycles. The number of hydrogen-bond donors (Lipinski definition) is 3. The van der Waals surface area contributed by atoms with E-state index in [9.17, 15) is 9.59 Å². The molecule has 0 aliphatic heterocycles. The minimum Gasteiger partial charge on any atom is -0.366 e. The first-order valence-corrected chi connectivity index (χ1v) is 10.3. The van der Waals surface area contributed by atoms with E-state index in [1.165, 1.54) is 0 Å². The average molecular weight is 422 g/mol. The predicted molar refractivity (Wildman–Crippen MR) is 128 cm³/mol. The molecule has 1 heterocycles. The van der Waals surface area contributed by atoms with Crippen LogP contribution in [0.1, 0.15) is 28.4 Å². The summed E-state index contributed by atoms with van der Waals surface area (Å²) in [6.45, 7) is 4.03. The first-order valence-electron chi connectivity index (χ1n) is 10.3. The first kappa shape index (κ1) is 21.0. The molecule has 0 spiro atoms. The van der Waals surface area contributed by atoms with Crippen molar-refractivity contribution in [3.8, 4) is 34.2 Å². The predicted octanol–water partition coefficient (Wildman–Crippen LogP) is 4.55. The highest BCUT2D eigenvalue weighted by molar-refractivity contribution is 6.10. The maximum absolute atomic E-state index is 12.1. The van der Waals surface area contributed by atoms with Gasteiger partial charge in [0.2, 0.25) is 0 Å². The molecular formula is C27H23N3O2. The molecule has 158 valence electrons. The number of aryl methyl sites for hydroxylation is 1. The highest BCUT2D eigenvalue weighted by Crippen LogP contribution is 2.36. The lowest BCUT2D eigenvalue weighted by Crippen LogP contribution is -2.21. The number of carbonyl (C=O) groups excluding carboxylic acids is 2. The summed E-state index contributed by atoms with van der Waals surface area (Å²) in [6, 6.07) is 21.7. The third-order valence-electron chi connectivity index (χ3n) is 5.48. The Morgan fingerprint density at radius 2 is 1.69 bits per heavy atom. The van der Waals surface area contributed by atoms with E-state index < -0.39 is 5.91 Å². The summed E-state index contributed by atoms with van der Waals surface area (Å²) in [4.78, 5) is 27.3. The molecule has 3 aromatic carbocycles. The number of rotatable bonds is 5. The minimum absolute atomic E-state index is 0.322. The van der Waals surface area contributed by atoms with Gasteiger partial charge in [0.25, 0.3) is 11.8 Å². The normalized spacial score (nSPS) is 10.4. The molecule has 0 saturated carbocycles. The maximum Gasteiger partial charge on any atom is 0.296 e. The van der Waals surface area contributed by atoms with Gasteiger partial charge >= 0.3 is 0 Å². The van der Waals surface area contributed by atoms with Crippen LogP contribution in [0.15, 0.2) is 66.7 Å². The number of hydrogen-bond acceptors (Lipinski definition) is 2. The lowest BCUT2D eigenvalue weighted by molar-refractivity contribution is -0.115. The molecule has 32 heavy (non-hydrogen) atoms. The molecule has 4 N–H and O–H groups in total. The number of carbonyl (C=O) groups is 2. The number of amides is 2. The van der Waals surface area contributed by atoms with Gasteiger partial charge in [-0.25, -0.2) is 0 Å². The molecule has 2 amide bonds. The van der Waals surface area contributed by atoms with Crippen molar-refractivity contribution in [3.05, 3.63) is 83.4 Å². The minimum atomic E-state index is -0.488. The van der Waals surface area contributed by atoms with E-state index >= 15 is 0 Å². The molecule has 0 aliphatic rings. The Balaban J connectivity index is 1.87. The highest BCUT2D eigenvalue weighted by Gasteiger charge is 2.17. The van der Waals surface area contributed by atoms with Crippen LogP contribution in [0.4, 0.5) is 0 Å². The van der Waals surface area contributed by atoms with Gasteiger partial charge in [-0.15, -0.1) is 0 Å². The fourth-order valence-corrected chi connectivity index (χ4v) is 3.95. The van der Waals surface area contributed by atoms with Gasteiger partial charge in [0.1, 0.15) is 0 Å². The van der Waals surface area contributed by atoms with E-state index in [0.29, 0.717) is 17.6 Å². The van der Waals surface area contributed by atoms with Crippen LogP contribution in [0, 0.1) is 18.8 Å². The Kier molecular flexibility index (Phi) is 5.78. The molecular weight excluding hydrogens is 398 g/mol. The molecule has 4 rings (SSSR count). The number of nitrogens with one attached hydrogen (secondary N) is 2. The maximum atomic E-state index is 12.1. The molecule has 0 aliphatic carbocycles. The standard InChI is InChI=1S/C27H23N3O2/c1-3-8-25(31)29-16-18-10-5-7-12-20(18)24-15-23-21(19-11-6-4-9-17(19)2)13-14-22(27(28)32)26(23)30-24/h4-7,9-15,30H,16H2,1-2H3,(H2,28,32)(H,29,31). The Bertz CT molecular complexity index is 1400. The van der Waals surface area contributed by atoms with Gasteiger partial charge in [-0.1, -0.05) is 60.5 Å². The molecule has 0 unspecified atom stereocenters. The van der Waals surface area contributed by atoms with Crippen molar-refractivity contribution in [3.63, 3.8) is 0 Å². The van der Waals surface area contributed by atoms with Crippen molar-refractivity contribution in [2.45, 2.75) is 20.4 Å². The van der Waals surface area contributed by atoms with Crippen LogP contribution in [0.5, 0.6) is 0 Å². The Morgan fingerprint density at radius 3 is 2.41 bits per heavy atom. The van der Waals surface area contributed by atoms with Crippen LogP contribution in [0.25, 0.3) is 33.3 Å². The number of primary amides is 1. The number of benzene rings is 3. The number of fused-ring (bicyclic) bond motifs is 1. The second kappa shape index (κ2) is 8.83. The van der Waals surface area contributed by atoms with Crippen molar-refractivity contribution < 1.29 is 9.59 Å². The van der Waals surface area contributed by atoms with Gasteiger partial charge in [0.15, 0.2) is 0 Å². The van der Waals surface area contributed by atoms with Crippen LogP contribution in [-0.2, 0) is 11.3 Å². The van der Waals surface area contributed by atoms with E-state index in [4.69, 9.17) is 5.73 Å². The summed E-state index contributed by atoms with van der Waals surface area (Å²) in [5, 5.41) is 3.74. The zero-order chi connectivity index (χ0) is 22.7. The van der Waals surface area contributed by atoms with Gasteiger partial charge in [-0.2, -0.15) is 0 Å². The molecule has 0 bridgehead atoms. The summed E-state index contributed by atoms with van der Waals surface area (Å²) in [6.07, 6.45) is 0. The summed E-state index contributed by atoms with van der Waals surface area (Å²) in [5.74, 6) is 4.28. The van der Waals surface area contributed by atoms with Crippen LogP contribution in [-0.4, -0.2) is 16.8 Å². The van der Waals surface area contributed by atoms with Crippen molar-refractivity contribution in [1.29, 1.82) is 0 Å². The average Bonchev–Trinajstić information content (AvgIpc) is 3.23. The summed E-state index contributed by atoms with van der Waals surface area (Å²) >= 11 is 0. The molecule has 5 heteroatoms. The van der Waals surface area contributed by atoms with Crippen LogP contribution in [0.3, 0.4) is 0 Å². The summed E-state index contributed by atoms with van der Waals surface area (Å²) < 4.78 is 0. The Morgan fingerprint density at radius 1 is 0.969 bits per heavy atom. The molecule has 0 saturated heterocycles. The summed E-state index contributed by atoms with van der Waals surface area (Å²) in [5.41, 5.74) is 12.8. The monoisotopic (exact) mass is 421 g/mol. The number of aromatic amines is 1. The zero-order valence-corrected chi connectivity index (χ0v) is 18.0. The second-order valence-corrected chi connectivity index (χ2v) is 7.53. The SMILES string of the molecule is CC#CC(=O)NCc1ccccc1-c1cc2c(-c3ccccc3C)ccc(C(N)=O)c2[nH]1. The number of aromatic nitrogens is 1. The summed E-state index contributed by atoms with van der Waals surface area (Å²) in [7, 11) is 0. The van der Waals surface area contributed by atoms with E-state index in [0.717, 1.165) is 38.9 Å². The largest absolute Gasteiger partial charge is 0.366 e. The van der Waals surface area contributed by atoms with Gasteiger partial charge in [-0.3, -0.25) is 9.59 Å². The van der Waals surface area contributed by atoms with Crippen molar-refractivity contribution in [2.75, 3.05) is 0 Å². The molecule has 0 radical (unpaired) electrons. The fourth-order valence-electron chi connectivity index (χ4n) is 3.95. The van der Waals surface area contributed by atoms with Crippen LogP contribution in [0.2, 0.25) is 0 Å². The van der Waals surface area contributed by atoms with Gasteiger partial charge in [-0.05, 0) is 54.2 Å². The van der Waals surface area contributed by atoms with Crippen LogP contribution < -0.4 is 11.1 Å². The third kappa shape index (κ3) is 3.99. The second-order valence-electron chi connectivity index (χ2n) is 7.53. The van der Waals surface area contributed by atoms with Gasteiger partial charge in [0.05, 0.1) is 11.1 Å². The van der Waals surface area contributed by atoms with Gasteiger partial charge in [0, 0.05) is 23.2 Å². The first-order chi connectivity index (χ1) is 15.5. The van der Waals surface area contributed by atoms with Gasteiger partial charge < -0.3 is 16.0 Å². The van der Waals surface area contributed by atoms with E-state index in [1.54, 1.807) is 13.0 Å². The lowest BCUT2D eigenvalue weighted by Gasteiger charge is -2.09. The van der Waals surface area contributed by atoms with Crippen molar-refractivity contribution in [2.24, 2.45) is 5.73 Å². The van der Waals surface area contributed by atoms with Crippen LogP contribution >= 0.6 is 0 Å². The number of nitrogens with two attached hydrogens (primary N) is 1. The molecule has 0 atom stereocenters. The van der Waals surface area contributed by atoms with Crippen molar-refractivity contribution >= 4 is 22.7 Å². The lowest BCUT2D eigenvalue weighted by atomic mass is 9.95. The Hall–Kier alpha value is -4.30. The number of H-pyrrole nitrogens is 1. The fraction of sp³-hybridized carbons (Fsp3) is 0.111. The van der Waals surface area contributed by atoms with E-state index in [1.807, 2.05) is 48.5 Å². The van der Waals surface area contributed by atoms with E-state index in [-0.39, 0.29) is 5.91 Å². The Labute approximate surface area is 186 Å². The van der Waals surface area contributed by atoms with E-state index in [2.05, 4.69) is 41.2 Å². The smallest absolute Gasteiger partial charge is 0.296 e. The van der Waals surface area contributed by atoms with Crippen molar-refractivity contribution in [1.82, 2.24) is 10.3 Å². The topological polar surface area (TPSA) is 88.0 Å². The molecule has 4 aromatic rings. The quantitative estimate of drug-likeness (QED) is 0.413. The zero-order valence-electron chi connectivity index (χ0n) is 18.0. The molecule has 0 fully saturated rings.